The summed E-state index contributed by atoms with van der Waals surface area (Å²) < 4.78 is 59.4. The highest BCUT2D eigenvalue weighted by molar-refractivity contribution is 7.92. The number of sulfonamides is 1. The number of carbonyl (C=O) groups is 2. The van der Waals surface area contributed by atoms with Crippen molar-refractivity contribution in [1.82, 2.24) is 4.98 Å². The number of pyridine rings is 1. The van der Waals surface area contributed by atoms with Crippen LogP contribution in [0.25, 0.3) is 0 Å². The molecule has 3 rings (SSSR count). The van der Waals surface area contributed by atoms with Gasteiger partial charge in [-0.05, 0) is 37.6 Å². The molecule has 37 heavy (non-hydrogen) atoms. The van der Waals surface area contributed by atoms with Crippen LogP contribution in [0.1, 0.15) is 28.4 Å². The number of rotatable bonds is 8. The molecule has 0 spiro atoms. The van der Waals surface area contributed by atoms with E-state index in [0.717, 1.165) is 11.1 Å². The summed E-state index contributed by atoms with van der Waals surface area (Å²) in [4.78, 5) is 27.0. The fraction of sp³-hybridized carbons (Fsp3) is 0.208. The number of nitrogens with one attached hydrogen (secondary N) is 1. The second kappa shape index (κ2) is 12.2. The zero-order valence-corrected chi connectivity index (χ0v) is 20.5. The second-order valence-electron chi connectivity index (χ2n) is 7.62. The van der Waals surface area contributed by atoms with Crippen molar-refractivity contribution in [3.63, 3.8) is 0 Å². The predicted octanol–water partition coefficient (Wildman–Crippen LogP) is 4.55. The van der Waals surface area contributed by atoms with Crippen molar-refractivity contribution >= 4 is 33.5 Å². The van der Waals surface area contributed by atoms with E-state index in [2.05, 4.69) is 9.71 Å². The van der Waals surface area contributed by atoms with Crippen LogP contribution in [0.4, 0.5) is 24.7 Å². The standard InChI is InChI=1S/C22H23N3O4S.C2HF3O2/c1-3-25(15-17-7-5-4-6-8-17)21-20(22(26)27)13-18(14-23-21)24-30(28,29)19-11-9-16(2)10-12-19;3-2(4,5)1(6)7/h4-14,24H,3,15H2,1-2H3,(H,26,27);(H,6,7). The van der Waals surface area contributed by atoms with Gasteiger partial charge in [0, 0.05) is 13.1 Å². The third-order valence-electron chi connectivity index (χ3n) is 4.82. The Bertz CT molecular complexity index is 1330. The van der Waals surface area contributed by atoms with Gasteiger partial charge in [0.1, 0.15) is 11.4 Å². The van der Waals surface area contributed by atoms with Crippen LogP contribution in [-0.4, -0.2) is 48.3 Å². The summed E-state index contributed by atoms with van der Waals surface area (Å²) in [6.07, 6.45) is -3.75. The molecule has 1 heterocycles. The first kappa shape index (κ1) is 29.1. The Morgan fingerprint density at radius 3 is 2.08 bits per heavy atom. The number of aliphatic carboxylic acids is 1. The van der Waals surface area contributed by atoms with E-state index in [1.54, 1.807) is 12.1 Å². The van der Waals surface area contributed by atoms with Crippen molar-refractivity contribution in [3.8, 4) is 0 Å². The van der Waals surface area contributed by atoms with Crippen LogP contribution in [0, 0.1) is 6.92 Å². The highest BCUT2D eigenvalue weighted by Crippen LogP contribution is 2.25. The van der Waals surface area contributed by atoms with Gasteiger partial charge in [-0.2, -0.15) is 13.2 Å². The van der Waals surface area contributed by atoms with Crippen LogP contribution in [0.3, 0.4) is 0 Å². The van der Waals surface area contributed by atoms with E-state index in [9.17, 15) is 31.5 Å². The number of hydrogen-bond acceptors (Lipinski definition) is 6. The number of aryl methyl sites for hydroxylation is 1. The normalized spacial score (nSPS) is 11.2. The first-order valence-corrected chi connectivity index (χ1v) is 12.1. The summed E-state index contributed by atoms with van der Waals surface area (Å²) in [5, 5.41) is 16.8. The molecule has 0 saturated heterocycles. The molecule has 0 bridgehead atoms. The Morgan fingerprint density at radius 2 is 1.59 bits per heavy atom. The minimum absolute atomic E-state index is 0.0723. The number of aromatic carboxylic acids is 1. The lowest BCUT2D eigenvalue weighted by molar-refractivity contribution is -0.192. The zero-order valence-electron chi connectivity index (χ0n) is 19.7. The molecule has 0 fully saturated rings. The summed E-state index contributed by atoms with van der Waals surface area (Å²) in [5.41, 5.74) is 1.97. The minimum atomic E-state index is -5.08. The molecule has 0 aliphatic heterocycles. The second-order valence-corrected chi connectivity index (χ2v) is 9.30. The van der Waals surface area contributed by atoms with Gasteiger partial charge in [0.25, 0.3) is 10.0 Å². The molecule has 0 amide bonds. The van der Waals surface area contributed by atoms with Crippen molar-refractivity contribution < 1.29 is 41.4 Å². The summed E-state index contributed by atoms with van der Waals surface area (Å²) in [7, 11) is -3.86. The van der Waals surface area contributed by atoms with Gasteiger partial charge in [-0.15, -0.1) is 0 Å². The van der Waals surface area contributed by atoms with E-state index < -0.39 is 28.1 Å². The van der Waals surface area contributed by atoms with Gasteiger partial charge in [0.15, 0.2) is 0 Å². The number of benzene rings is 2. The zero-order chi connectivity index (χ0) is 27.8. The third kappa shape index (κ3) is 8.49. The molecule has 198 valence electrons. The first-order valence-electron chi connectivity index (χ1n) is 10.7. The molecular formula is C24H24F3N3O6S. The SMILES string of the molecule is CCN(Cc1ccccc1)c1ncc(NS(=O)(=O)c2ccc(C)cc2)cc1C(=O)O.O=C(O)C(F)(F)F. The van der Waals surface area contributed by atoms with Crippen LogP contribution in [-0.2, 0) is 21.4 Å². The van der Waals surface area contributed by atoms with Crippen LogP contribution in [0.5, 0.6) is 0 Å². The van der Waals surface area contributed by atoms with Crippen molar-refractivity contribution in [1.29, 1.82) is 0 Å². The Kier molecular flexibility index (Phi) is 9.61. The van der Waals surface area contributed by atoms with E-state index in [-0.39, 0.29) is 22.0 Å². The van der Waals surface area contributed by atoms with E-state index in [0.29, 0.717) is 13.1 Å². The summed E-state index contributed by atoms with van der Waals surface area (Å²) in [5.74, 6) is -3.65. The average Bonchev–Trinajstić information content (AvgIpc) is 2.83. The lowest BCUT2D eigenvalue weighted by Crippen LogP contribution is -2.25. The molecule has 0 unspecified atom stereocenters. The fourth-order valence-corrected chi connectivity index (χ4v) is 4.03. The molecule has 0 saturated carbocycles. The Balaban J connectivity index is 0.000000604. The van der Waals surface area contributed by atoms with Crippen LogP contribution < -0.4 is 9.62 Å². The molecule has 2 aromatic carbocycles. The van der Waals surface area contributed by atoms with E-state index in [1.807, 2.05) is 49.1 Å². The Labute approximate surface area is 211 Å². The third-order valence-corrected chi connectivity index (χ3v) is 6.22. The molecule has 13 heteroatoms. The number of hydrogen-bond donors (Lipinski definition) is 3. The minimum Gasteiger partial charge on any atom is -0.478 e. The number of aromatic nitrogens is 1. The smallest absolute Gasteiger partial charge is 0.478 e. The maximum atomic E-state index is 12.6. The van der Waals surface area contributed by atoms with Gasteiger partial charge in [-0.3, -0.25) is 4.72 Å². The Hall–Kier alpha value is -4.13. The summed E-state index contributed by atoms with van der Waals surface area (Å²) in [6, 6.07) is 17.3. The van der Waals surface area contributed by atoms with Gasteiger partial charge in [-0.1, -0.05) is 48.0 Å². The lowest BCUT2D eigenvalue weighted by atomic mass is 10.2. The van der Waals surface area contributed by atoms with Crippen molar-refractivity contribution in [2.45, 2.75) is 31.5 Å². The number of halogens is 3. The van der Waals surface area contributed by atoms with Crippen molar-refractivity contribution in [3.05, 3.63) is 83.6 Å². The van der Waals surface area contributed by atoms with Gasteiger partial charge in [-0.25, -0.2) is 23.0 Å². The first-order chi connectivity index (χ1) is 17.2. The predicted molar refractivity (Wildman–Crippen MR) is 130 cm³/mol. The van der Waals surface area contributed by atoms with Crippen LogP contribution >= 0.6 is 0 Å². The number of carboxylic acid groups (broad SMARTS) is 2. The molecular weight excluding hydrogens is 515 g/mol. The van der Waals surface area contributed by atoms with Gasteiger partial charge in [0.2, 0.25) is 0 Å². The number of nitrogens with zero attached hydrogens (tertiary/aromatic N) is 2. The van der Waals surface area contributed by atoms with E-state index in [4.69, 9.17) is 9.90 Å². The van der Waals surface area contributed by atoms with Crippen LogP contribution in [0.2, 0.25) is 0 Å². The topological polar surface area (TPSA) is 137 Å². The molecule has 9 nitrogen and oxygen atoms in total. The monoisotopic (exact) mass is 539 g/mol. The van der Waals surface area contributed by atoms with E-state index in [1.165, 1.54) is 24.4 Å². The lowest BCUT2D eigenvalue weighted by Gasteiger charge is -2.24. The number of carboxylic acids is 2. The number of anilines is 2. The average molecular weight is 540 g/mol. The maximum Gasteiger partial charge on any atom is 0.490 e. The van der Waals surface area contributed by atoms with Gasteiger partial charge < -0.3 is 15.1 Å². The summed E-state index contributed by atoms with van der Waals surface area (Å²) in [6.45, 7) is 4.79. The quantitative estimate of drug-likeness (QED) is 0.379. The maximum absolute atomic E-state index is 12.6. The highest BCUT2D eigenvalue weighted by Gasteiger charge is 2.38. The van der Waals surface area contributed by atoms with Gasteiger partial charge in [0.05, 0.1) is 16.8 Å². The van der Waals surface area contributed by atoms with Crippen molar-refractivity contribution in [2.24, 2.45) is 0 Å². The highest BCUT2D eigenvalue weighted by atomic mass is 32.2. The number of alkyl halides is 3. The molecule has 3 N–H and O–H groups in total. The largest absolute Gasteiger partial charge is 0.490 e. The van der Waals surface area contributed by atoms with Crippen molar-refractivity contribution in [2.75, 3.05) is 16.2 Å². The molecule has 0 radical (unpaired) electrons. The molecule has 3 aromatic rings. The molecule has 1 aromatic heterocycles. The summed E-state index contributed by atoms with van der Waals surface area (Å²) >= 11 is 0. The van der Waals surface area contributed by atoms with E-state index >= 15 is 0 Å². The fourth-order valence-electron chi connectivity index (χ4n) is 2.99. The molecule has 0 aliphatic carbocycles. The molecule has 0 aliphatic rings. The van der Waals surface area contributed by atoms with Crippen LogP contribution in [0.15, 0.2) is 71.8 Å². The Morgan fingerprint density at radius 1 is 1.03 bits per heavy atom. The van der Waals surface area contributed by atoms with Gasteiger partial charge >= 0.3 is 18.1 Å². The molecule has 0 atom stereocenters.